The molecule has 2 amide bonds. The first-order chi connectivity index (χ1) is 14.2. The van der Waals surface area contributed by atoms with Gasteiger partial charge in [0, 0.05) is 24.7 Å². The maximum Gasteiger partial charge on any atom is 0.254 e. The van der Waals surface area contributed by atoms with E-state index in [1.165, 1.54) is 0 Å². The molecule has 0 saturated carbocycles. The maximum absolute atomic E-state index is 13.2. The Morgan fingerprint density at radius 2 is 1.93 bits per heavy atom. The Balaban J connectivity index is 1.47. The van der Waals surface area contributed by atoms with Crippen LogP contribution in [0, 0.1) is 5.92 Å². The van der Waals surface area contributed by atoms with Crippen molar-refractivity contribution in [2.75, 3.05) is 25.5 Å². The Labute approximate surface area is 169 Å². The molecule has 3 aromatic rings. The minimum Gasteiger partial charge on any atom is -0.481 e. The van der Waals surface area contributed by atoms with Crippen molar-refractivity contribution < 1.29 is 14.3 Å². The number of hydrogen-bond donors (Lipinski definition) is 1. The molecule has 2 aromatic carbocycles. The van der Waals surface area contributed by atoms with Gasteiger partial charge in [-0.15, -0.1) is 0 Å². The molecule has 0 radical (unpaired) electrons. The lowest BCUT2D eigenvalue weighted by atomic mass is 9.95. The van der Waals surface area contributed by atoms with Gasteiger partial charge in [-0.2, -0.15) is 0 Å². The molecule has 6 nitrogen and oxygen atoms in total. The second-order valence-electron chi connectivity index (χ2n) is 7.20. The summed E-state index contributed by atoms with van der Waals surface area (Å²) in [6.45, 7) is 1.08. The Hall–Kier alpha value is -3.41. The van der Waals surface area contributed by atoms with Crippen LogP contribution in [0.5, 0.6) is 5.88 Å². The average Bonchev–Trinajstić information content (AvgIpc) is 2.79. The zero-order chi connectivity index (χ0) is 20.2. The zero-order valence-corrected chi connectivity index (χ0v) is 16.3. The van der Waals surface area contributed by atoms with E-state index < -0.39 is 0 Å². The number of methoxy groups -OCH3 is 1. The van der Waals surface area contributed by atoms with Crippen LogP contribution in [0.1, 0.15) is 23.2 Å². The molecule has 6 heteroatoms. The van der Waals surface area contributed by atoms with Crippen molar-refractivity contribution in [1.29, 1.82) is 0 Å². The van der Waals surface area contributed by atoms with Gasteiger partial charge >= 0.3 is 0 Å². The number of ether oxygens (including phenoxy) is 1. The predicted molar refractivity (Wildman–Crippen MR) is 112 cm³/mol. The van der Waals surface area contributed by atoms with E-state index in [2.05, 4.69) is 10.3 Å². The molecule has 1 aliphatic rings. The van der Waals surface area contributed by atoms with Crippen molar-refractivity contribution in [1.82, 2.24) is 9.88 Å². The molecule has 0 spiro atoms. The van der Waals surface area contributed by atoms with E-state index in [1.54, 1.807) is 30.3 Å². The van der Waals surface area contributed by atoms with Gasteiger partial charge in [0.2, 0.25) is 11.8 Å². The van der Waals surface area contributed by atoms with E-state index in [0.717, 1.165) is 23.6 Å². The van der Waals surface area contributed by atoms with Gasteiger partial charge in [-0.25, -0.2) is 4.98 Å². The highest BCUT2D eigenvalue weighted by Gasteiger charge is 2.29. The Kier molecular flexibility index (Phi) is 5.42. The first kappa shape index (κ1) is 18.9. The number of likely N-dealkylation sites (tertiary alicyclic amines) is 1. The van der Waals surface area contributed by atoms with Crippen LogP contribution in [0.25, 0.3) is 10.8 Å². The molecule has 1 fully saturated rings. The summed E-state index contributed by atoms with van der Waals surface area (Å²) in [5.74, 6) is 0.134. The molecule has 2 heterocycles. The van der Waals surface area contributed by atoms with Crippen molar-refractivity contribution in [3.05, 3.63) is 66.4 Å². The summed E-state index contributed by atoms with van der Waals surface area (Å²) in [6.07, 6.45) is 3.13. The minimum absolute atomic E-state index is 0.0228. The zero-order valence-electron chi connectivity index (χ0n) is 16.3. The third kappa shape index (κ3) is 4.06. The highest BCUT2D eigenvalue weighted by Crippen LogP contribution is 2.24. The van der Waals surface area contributed by atoms with Crippen LogP contribution in [-0.2, 0) is 4.79 Å². The van der Waals surface area contributed by atoms with Crippen LogP contribution >= 0.6 is 0 Å². The van der Waals surface area contributed by atoms with Crippen molar-refractivity contribution in [3.63, 3.8) is 0 Å². The summed E-state index contributed by atoms with van der Waals surface area (Å²) < 4.78 is 5.04. The summed E-state index contributed by atoms with van der Waals surface area (Å²) in [5.41, 5.74) is 1.30. The fourth-order valence-corrected chi connectivity index (χ4v) is 3.78. The number of carbonyl (C=O) groups excluding carboxylic acids is 2. The number of aromatic nitrogens is 1. The number of benzene rings is 2. The van der Waals surface area contributed by atoms with Crippen LogP contribution in [0.2, 0.25) is 0 Å². The molecule has 148 valence electrons. The molecule has 1 unspecified atom stereocenters. The number of hydrogen-bond acceptors (Lipinski definition) is 4. The van der Waals surface area contributed by atoms with Crippen LogP contribution in [-0.4, -0.2) is 41.9 Å². The SMILES string of the molecule is COc1ccc(NC(=O)C2CCCN(C(=O)c3cccc4ccccc34)C2)cn1. The van der Waals surface area contributed by atoms with Gasteiger partial charge in [0.05, 0.1) is 24.9 Å². The summed E-state index contributed by atoms with van der Waals surface area (Å²) in [5, 5.41) is 4.88. The molecule has 4 rings (SSSR count). The van der Waals surface area contributed by atoms with Crippen LogP contribution in [0.3, 0.4) is 0 Å². The number of nitrogens with one attached hydrogen (secondary N) is 1. The monoisotopic (exact) mass is 389 g/mol. The van der Waals surface area contributed by atoms with Gasteiger partial charge in [-0.05, 0) is 35.7 Å². The highest BCUT2D eigenvalue weighted by molar-refractivity contribution is 6.07. The third-order valence-corrected chi connectivity index (χ3v) is 5.31. The van der Waals surface area contributed by atoms with Crippen molar-refractivity contribution in [3.8, 4) is 5.88 Å². The predicted octanol–water partition coefficient (Wildman–Crippen LogP) is 3.73. The summed E-state index contributed by atoms with van der Waals surface area (Å²) in [4.78, 5) is 31.8. The number of nitrogens with zero attached hydrogens (tertiary/aromatic N) is 2. The molecular weight excluding hydrogens is 366 g/mol. The number of pyridine rings is 1. The summed E-state index contributed by atoms with van der Waals surface area (Å²) in [7, 11) is 1.55. The van der Waals surface area contributed by atoms with E-state index in [0.29, 0.717) is 30.2 Å². The van der Waals surface area contributed by atoms with Gasteiger partial charge in [-0.1, -0.05) is 36.4 Å². The second-order valence-corrected chi connectivity index (χ2v) is 7.20. The maximum atomic E-state index is 13.2. The lowest BCUT2D eigenvalue weighted by Gasteiger charge is -2.32. The molecule has 1 N–H and O–H groups in total. The first-order valence-electron chi connectivity index (χ1n) is 9.73. The fraction of sp³-hybridized carbons (Fsp3) is 0.261. The van der Waals surface area contributed by atoms with Crippen LogP contribution in [0.15, 0.2) is 60.8 Å². The molecule has 1 saturated heterocycles. The van der Waals surface area contributed by atoms with Gasteiger partial charge in [-0.3, -0.25) is 9.59 Å². The van der Waals surface area contributed by atoms with Gasteiger partial charge in [0.25, 0.3) is 5.91 Å². The van der Waals surface area contributed by atoms with E-state index in [-0.39, 0.29) is 17.7 Å². The molecule has 1 atom stereocenters. The van der Waals surface area contributed by atoms with Crippen molar-refractivity contribution >= 4 is 28.3 Å². The number of anilines is 1. The molecular formula is C23H23N3O3. The van der Waals surface area contributed by atoms with E-state index >= 15 is 0 Å². The third-order valence-electron chi connectivity index (χ3n) is 5.31. The number of carbonyl (C=O) groups is 2. The standard InChI is InChI=1S/C23H23N3O3/c1-29-21-12-11-18(14-24-21)25-22(27)17-8-5-13-26(15-17)23(28)20-10-4-7-16-6-2-3-9-19(16)20/h2-4,6-7,9-12,14,17H,5,8,13,15H2,1H3,(H,25,27). The van der Waals surface area contributed by atoms with E-state index in [1.807, 2.05) is 42.5 Å². The van der Waals surface area contributed by atoms with Gasteiger partial charge in [0.1, 0.15) is 0 Å². The van der Waals surface area contributed by atoms with Gasteiger partial charge in [0.15, 0.2) is 0 Å². The van der Waals surface area contributed by atoms with Crippen molar-refractivity contribution in [2.45, 2.75) is 12.8 Å². The fourth-order valence-electron chi connectivity index (χ4n) is 3.78. The summed E-state index contributed by atoms with van der Waals surface area (Å²) in [6, 6.07) is 17.1. The second kappa shape index (κ2) is 8.31. The number of amides is 2. The van der Waals surface area contributed by atoms with Crippen LogP contribution in [0.4, 0.5) is 5.69 Å². The minimum atomic E-state index is -0.246. The largest absolute Gasteiger partial charge is 0.481 e. The average molecular weight is 389 g/mol. The Morgan fingerprint density at radius 3 is 2.72 bits per heavy atom. The number of fused-ring (bicyclic) bond motifs is 1. The quantitative estimate of drug-likeness (QED) is 0.738. The van der Waals surface area contributed by atoms with E-state index in [4.69, 9.17) is 4.74 Å². The number of piperidine rings is 1. The smallest absolute Gasteiger partial charge is 0.254 e. The van der Waals surface area contributed by atoms with Crippen LogP contribution < -0.4 is 10.1 Å². The Morgan fingerprint density at radius 1 is 1.10 bits per heavy atom. The topological polar surface area (TPSA) is 71.5 Å². The molecule has 0 bridgehead atoms. The molecule has 1 aromatic heterocycles. The lowest BCUT2D eigenvalue weighted by Crippen LogP contribution is -2.43. The number of rotatable bonds is 4. The molecule has 1 aliphatic heterocycles. The molecule has 0 aliphatic carbocycles. The van der Waals surface area contributed by atoms with Crippen molar-refractivity contribution in [2.24, 2.45) is 5.92 Å². The molecule has 29 heavy (non-hydrogen) atoms. The van der Waals surface area contributed by atoms with Gasteiger partial charge < -0.3 is 15.0 Å². The first-order valence-corrected chi connectivity index (χ1v) is 9.73. The Bertz CT molecular complexity index is 1030. The van der Waals surface area contributed by atoms with E-state index in [9.17, 15) is 9.59 Å². The lowest BCUT2D eigenvalue weighted by molar-refractivity contribution is -0.121. The normalized spacial score (nSPS) is 16.4. The highest BCUT2D eigenvalue weighted by atomic mass is 16.5. The summed E-state index contributed by atoms with van der Waals surface area (Å²) >= 11 is 0.